The standard InChI is InChI=1S/C13H14O3/c1-9-7-11(15-2)3-4-12(9)13(14)10-5-6-16-8-10/h3-8,13-14H,1-2H3. The summed E-state index contributed by atoms with van der Waals surface area (Å²) in [7, 11) is 1.63. The lowest BCUT2D eigenvalue weighted by molar-refractivity contribution is 0.218. The van der Waals surface area contributed by atoms with E-state index >= 15 is 0 Å². The van der Waals surface area contributed by atoms with Gasteiger partial charge in [0.2, 0.25) is 0 Å². The van der Waals surface area contributed by atoms with E-state index in [-0.39, 0.29) is 0 Å². The summed E-state index contributed by atoms with van der Waals surface area (Å²) in [6, 6.07) is 7.37. The number of benzene rings is 1. The first kappa shape index (κ1) is 10.8. The molecule has 1 N–H and O–H groups in total. The Morgan fingerprint density at radius 3 is 2.69 bits per heavy atom. The Bertz CT molecular complexity index is 460. The van der Waals surface area contributed by atoms with Crippen LogP contribution < -0.4 is 4.74 Å². The molecule has 0 aliphatic heterocycles. The van der Waals surface area contributed by atoms with E-state index in [0.717, 1.165) is 22.4 Å². The van der Waals surface area contributed by atoms with Gasteiger partial charge in [-0.2, -0.15) is 0 Å². The predicted molar refractivity (Wildman–Crippen MR) is 60.5 cm³/mol. The van der Waals surface area contributed by atoms with Gasteiger partial charge in [-0.1, -0.05) is 6.07 Å². The van der Waals surface area contributed by atoms with Crippen molar-refractivity contribution >= 4 is 0 Å². The van der Waals surface area contributed by atoms with E-state index in [9.17, 15) is 5.11 Å². The molecule has 0 aliphatic carbocycles. The van der Waals surface area contributed by atoms with Crippen LogP contribution in [-0.4, -0.2) is 12.2 Å². The fourth-order valence-corrected chi connectivity index (χ4v) is 1.69. The number of methoxy groups -OCH3 is 1. The molecule has 0 amide bonds. The maximum absolute atomic E-state index is 10.1. The topological polar surface area (TPSA) is 42.6 Å². The van der Waals surface area contributed by atoms with Crippen LogP contribution in [0.5, 0.6) is 5.75 Å². The molecule has 0 fully saturated rings. The fourth-order valence-electron chi connectivity index (χ4n) is 1.69. The van der Waals surface area contributed by atoms with Gasteiger partial charge < -0.3 is 14.3 Å². The lowest BCUT2D eigenvalue weighted by atomic mass is 9.99. The molecule has 2 rings (SSSR count). The first-order valence-electron chi connectivity index (χ1n) is 5.07. The maximum atomic E-state index is 10.1. The van der Waals surface area contributed by atoms with Crippen LogP contribution in [0.4, 0.5) is 0 Å². The van der Waals surface area contributed by atoms with Crippen molar-refractivity contribution in [2.75, 3.05) is 7.11 Å². The molecule has 0 saturated carbocycles. The van der Waals surface area contributed by atoms with Crippen LogP contribution in [0.3, 0.4) is 0 Å². The molecule has 0 bridgehead atoms. The highest BCUT2D eigenvalue weighted by Crippen LogP contribution is 2.27. The number of furan rings is 1. The van der Waals surface area contributed by atoms with E-state index in [1.165, 1.54) is 0 Å². The monoisotopic (exact) mass is 218 g/mol. The number of aryl methyl sites for hydroxylation is 1. The molecule has 1 heterocycles. The lowest BCUT2D eigenvalue weighted by Crippen LogP contribution is -2.00. The molecular weight excluding hydrogens is 204 g/mol. The molecule has 0 aliphatic rings. The Kier molecular flexibility index (Phi) is 2.97. The first-order valence-corrected chi connectivity index (χ1v) is 5.07. The summed E-state index contributed by atoms with van der Waals surface area (Å²) in [5.74, 6) is 0.792. The molecule has 1 aromatic heterocycles. The Morgan fingerprint density at radius 1 is 1.31 bits per heavy atom. The molecule has 3 heteroatoms. The van der Waals surface area contributed by atoms with Gasteiger partial charge in [-0.3, -0.25) is 0 Å². The number of aliphatic hydroxyl groups excluding tert-OH is 1. The van der Waals surface area contributed by atoms with E-state index in [1.807, 2.05) is 25.1 Å². The summed E-state index contributed by atoms with van der Waals surface area (Å²) < 4.78 is 10.1. The minimum atomic E-state index is -0.648. The summed E-state index contributed by atoms with van der Waals surface area (Å²) >= 11 is 0. The minimum Gasteiger partial charge on any atom is -0.497 e. The number of hydrogen-bond donors (Lipinski definition) is 1. The molecule has 1 atom stereocenters. The smallest absolute Gasteiger partial charge is 0.119 e. The Balaban J connectivity index is 2.34. The lowest BCUT2D eigenvalue weighted by Gasteiger charge is -2.13. The van der Waals surface area contributed by atoms with Crippen molar-refractivity contribution in [3.63, 3.8) is 0 Å². The van der Waals surface area contributed by atoms with Crippen LogP contribution in [-0.2, 0) is 0 Å². The van der Waals surface area contributed by atoms with Gasteiger partial charge in [-0.15, -0.1) is 0 Å². The number of aliphatic hydroxyl groups is 1. The zero-order valence-electron chi connectivity index (χ0n) is 9.31. The van der Waals surface area contributed by atoms with Gasteiger partial charge in [0, 0.05) is 5.56 Å². The van der Waals surface area contributed by atoms with E-state index in [2.05, 4.69) is 0 Å². The van der Waals surface area contributed by atoms with Gasteiger partial charge in [0.05, 0.1) is 19.6 Å². The SMILES string of the molecule is COc1ccc(C(O)c2ccoc2)c(C)c1. The second-order valence-electron chi connectivity index (χ2n) is 3.68. The zero-order valence-corrected chi connectivity index (χ0v) is 9.31. The van der Waals surface area contributed by atoms with Crippen LogP contribution in [0.25, 0.3) is 0 Å². The van der Waals surface area contributed by atoms with Crippen molar-refractivity contribution in [3.8, 4) is 5.75 Å². The van der Waals surface area contributed by atoms with Gasteiger partial charge in [0.25, 0.3) is 0 Å². The van der Waals surface area contributed by atoms with E-state index in [4.69, 9.17) is 9.15 Å². The summed E-state index contributed by atoms with van der Waals surface area (Å²) in [6.07, 6.45) is 2.45. The third kappa shape index (κ3) is 1.95. The second-order valence-corrected chi connectivity index (χ2v) is 3.68. The molecule has 0 radical (unpaired) electrons. The number of hydrogen-bond acceptors (Lipinski definition) is 3. The number of ether oxygens (including phenoxy) is 1. The highest BCUT2D eigenvalue weighted by molar-refractivity contribution is 5.39. The average molecular weight is 218 g/mol. The molecule has 3 nitrogen and oxygen atoms in total. The third-order valence-electron chi connectivity index (χ3n) is 2.63. The van der Waals surface area contributed by atoms with Gasteiger partial charge in [-0.25, -0.2) is 0 Å². The highest BCUT2D eigenvalue weighted by atomic mass is 16.5. The largest absolute Gasteiger partial charge is 0.497 e. The Hall–Kier alpha value is -1.74. The average Bonchev–Trinajstić information content (AvgIpc) is 2.81. The zero-order chi connectivity index (χ0) is 11.5. The molecule has 1 aromatic carbocycles. The Labute approximate surface area is 94.3 Å². The summed E-state index contributed by atoms with van der Waals surface area (Å²) in [5, 5.41) is 10.1. The minimum absolute atomic E-state index is 0.648. The predicted octanol–water partition coefficient (Wildman–Crippen LogP) is 2.68. The first-order chi connectivity index (χ1) is 7.72. The van der Waals surface area contributed by atoms with Crippen LogP contribution in [0.15, 0.2) is 41.2 Å². The third-order valence-corrected chi connectivity index (χ3v) is 2.63. The van der Waals surface area contributed by atoms with Crippen LogP contribution in [0.2, 0.25) is 0 Å². The molecule has 2 aromatic rings. The highest BCUT2D eigenvalue weighted by Gasteiger charge is 2.14. The van der Waals surface area contributed by atoms with Crippen LogP contribution >= 0.6 is 0 Å². The molecule has 0 saturated heterocycles. The van der Waals surface area contributed by atoms with Gasteiger partial charge in [0.1, 0.15) is 11.9 Å². The van der Waals surface area contributed by atoms with Crippen molar-refractivity contribution in [1.29, 1.82) is 0 Å². The fraction of sp³-hybridized carbons (Fsp3) is 0.231. The quantitative estimate of drug-likeness (QED) is 0.861. The van der Waals surface area contributed by atoms with Crippen molar-refractivity contribution < 1.29 is 14.3 Å². The van der Waals surface area contributed by atoms with Gasteiger partial charge in [-0.05, 0) is 36.2 Å². The summed E-state index contributed by atoms with van der Waals surface area (Å²) in [6.45, 7) is 1.95. The molecule has 1 unspecified atom stereocenters. The van der Waals surface area contributed by atoms with Crippen molar-refractivity contribution in [3.05, 3.63) is 53.5 Å². The van der Waals surface area contributed by atoms with E-state index in [0.29, 0.717) is 0 Å². The van der Waals surface area contributed by atoms with Crippen molar-refractivity contribution in [1.82, 2.24) is 0 Å². The Morgan fingerprint density at radius 2 is 2.12 bits per heavy atom. The van der Waals surface area contributed by atoms with Crippen molar-refractivity contribution in [2.24, 2.45) is 0 Å². The summed E-state index contributed by atoms with van der Waals surface area (Å²) in [5.41, 5.74) is 2.61. The van der Waals surface area contributed by atoms with E-state index in [1.54, 1.807) is 25.7 Å². The van der Waals surface area contributed by atoms with Crippen LogP contribution in [0.1, 0.15) is 22.8 Å². The maximum Gasteiger partial charge on any atom is 0.119 e. The van der Waals surface area contributed by atoms with Crippen molar-refractivity contribution in [2.45, 2.75) is 13.0 Å². The molecule has 16 heavy (non-hydrogen) atoms. The second kappa shape index (κ2) is 4.41. The molecule has 84 valence electrons. The van der Waals surface area contributed by atoms with E-state index < -0.39 is 6.10 Å². The van der Waals surface area contributed by atoms with Crippen LogP contribution in [0, 0.1) is 6.92 Å². The molecular formula is C13H14O3. The van der Waals surface area contributed by atoms with Gasteiger partial charge >= 0.3 is 0 Å². The molecule has 0 spiro atoms. The van der Waals surface area contributed by atoms with Gasteiger partial charge in [0.15, 0.2) is 0 Å². The normalized spacial score (nSPS) is 12.4. The number of rotatable bonds is 3. The summed E-state index contributed by atoms with van der Waals surface area (Å²) in [4.78, 5) is 0.